The average molecular weight is 495 g/mol. The smallest absolute Gasteiger partial charge is 0.301 e. The molecular formula is C26H26N2O6S. The molecule has 1 aliphatic heterocycles. The van der Waals surface area contributed by atoms with Crippen molar-refractivity contribution in [1.82, 2.24) is 4.98 Å². The van der Waals surface area contributed by atoms with Crippen LogP contribution < -0.4 is 19.1 Å². The van der Waals surface area contributed by atoms with Crippen molar-refractivity contribution in [3.8, 4) is 17.2 Å². The molecule has 0 bridgehead atoms. The summed E-state index contributed by atoms with van der Waals surface area (Å²) in [7, 11) is 3.03. The molecule has 0 unspecified atom stereocenters. The van der Waals surface area contributed by atoms with E-state index < -0.39 is 17.7 Å². The predicted octanol–water partition coefficient (Wildman–Crippen LogP) is 4.80. The lowest BCUT2D eigenvalue weighted by atomic mass is 9.94. The molecule has 1 aliphatic rings. The number of thiazole rings is 1. The van der Waals surface area contributed by atoms with Crippen molar-refractivity contribution in [1.29, 1.82) is 0 Å². The summed E-state index contributed by atoms with van der Waals surface area (Å²) in [5.74, 6) is -0.305. The average Bonchev–Trinajstić information content (AvgIpc) is 3.33. The number of rotatable bonds is 7. The molecule has 1 N–H and O–H groups in total. The zero-order valence-electron chi connectivity index (χ0n) is 20.1. The molecule has 1 amide bonds. The van der Waals surface area contributed by atoms with Crippen LogP contribution in [-0.2, 0) is 9.59 Å². The lowest BCUT2D eigenvalue weighted by Crippen LogP contribution is -2.29. The van der Waals surface area contributed by atoms with E-state index in [2.05, 4.69) is 4.98 Å². The third-order valence-electron chi connectivity index (χ3n) is 5.84. The van der Waals surface area contributed by atoms with Crippen molar-refractivity contribution in [2.45, 2.75) is 26.8 Å². The van der Waals surface area contributed by atoms with Crippen LogP contribution in [0, 0.1) is 13.8 Å². The van der Waals surface area contributed by atoms with Crippen LogP contribution in [0.3, 0.4) is 0 Å². The lowest BCUT2D eigenvalue weighted by Gasteiger charge is -2.25. The molecule has 1 aromatic heterocycles. The van der Waals surface area contributed by atoms with Crippen LogP contribution in [-0.4, -0.2) is 42.6 Å². The lowest BCUT2D eigenvalue weighted by molar-refractivity contribution is -0.132. The largest absolute Gasteiger partial charge is 0.507 e. The van der Waals surface area contributed by atoms with Gasteiger partial charge in [-0.2, -0.15) is 0 Å². The van der Waals surface area contributed by atoms with Crippen molar-refractivity contribution in [2.75, 3.05) is 25.7 Å². The fraction of sp³-hybridized carbons (Fsp3) is 0.269. The summed E-state index contributed by atoms with van der Waals surface area (Å²) in [5.41, 5.74) is 1.57. The fourth-order valence-corrected chi connectivity index (χ4v) is 4.90. The second-order valence-electron chi connectivity index (χ2n) is 7.87. The van der Waals surface area contributed by atoms with Crippen LogP contribution in [0.25, 0.3) is 5.76 Å². The summed E-state index contributed by atoms with van der Waals surface area (Å²) in [6.45, 7) is 6.11. The Morgan fingerprint density at radius 3 is 2.31 bits per heavy atom. The van der Waals surface area contributed by atoms with Gasteiger partial charge in [0.15, 0.2) is 5.13 Å². The van der Waals surface area contributed by atoms with E-state index in [1.165, 1.54) is 30.5 Å². The molecule has 182 valence electrons. The van der Waals surface area contributed by atoms with Gasteiger partial charge >= 0.3 is 5.91 Å². The minimum atomic E-state index is -0.975. The number of nitrogens with zero attached hydrogens (tertiary/aromatic N) is 2. The number of amides is 1. The number of aliphatic hydroxyl groups excluding tert-OH is 1. The quantitative estimate of drug-likeness (QED) is 0.286. The van der Waals surface area contributed by atoms with E-state index in [-0.39, 0.29) is 11.3 Å². The van der Waals surface area contributed by atoms with Gasteiger partial charge in [0.05, 0.1) is 32.1 Å². The number of methoxy groups -OCH3 is 2. The van der Waals surface area contributed by atoms with Gasteiger partial charge in [-0.15, -0.1) is 11.3 Å². The highest BCUT2D eigenvalue weighted by atomic mass is 32.1. The Bertz CT molecular complexity index is 1290. The third-order valence-corrected chi connectivity index (χ3v) is 6.91. The molecule has 9 heteroatoms. The molecule has 1 saturated heterocycles. The molecule has 8 nitrogen and oxygen atoms in total. The number of ether oxygens (including phenoxy) is 3. The highest BCUT2D eigenvalue weighted by molar-refractivity contribution is 7.16. The van der Waals surface area contributed by atoms with Gasteiger partial charge in [-0.3, -0.25) is 14.5 Å². The number of aryl methyl sites for hydroxylation is 2. The minimum Gasteiger partial charge on any atom is -0.507 e. The molecule has 1 atom stereocenters. The van der Waals surface area contributed by atoms with Crippen LogP contribution in [0.5, 0.6) is 17.2 Å². The Labute approximate surface area is 207 Å². The van der Waals surface area contributed by atoms with Crippen LogP contribution >= 0.6 is 11.3 Å². The van der Waals surface area contributed by atoms with Crippen molar-refractivity contribution in [3.63, 3.8) is 0 Å². The third kappa shape index (κ3) is 4.35. The van der Waals surface area contributed by atoms with Gasteiger partial charge in [0, 0.05) is 16.0 Å². The van der Waals surface area contributed by atoms with Crippen LogP contribution in [0.1, 0.15) is 34.7 Å². The Morgan fingerprint density at radius 1 is 1.06 bits per heavy atom. The van der Waals surface area contributed by atoms with Crippen molar-refractivity contribution < 1.29 is 28.9 Å². The van der Waals surface area contributed by atoms with Gasteiger partial charge in [-0.1, -0.05) is 0 Å². The number of anilines is 1. The first-order chi connectivity index (χ1) is 16.8. The van der Waals surface area contributed by atoms with E-state index in [1.54, 1.807) is 42.5 Å². The number of Topliss-reactive ketones (excluding diaryl/α,β-unsaturated/α-hetero) is 1. The first-order valence-corrected chi connectivity index (χ1v) is 11.8. The maximum absolute atomic E-state index is 13.4. The number of hydrogen-bond donors (Lipinski definition) is 1. The zero-order valence-corrected chi connectivity index (χ0v) is 20.9. The summed E-state index contributed by atoms with van der Waals surface area (Å²) in [4.78, 5) is 33.5. The van der Waals surface area contributed by atoms with Gasteiger partial charge in [0.1, 0.15) is 29.0 Å². The zero-order chi connectivity index (χ0) is 25.3. The molecule has 0 spiro atoms. The standard InChI is InChI=1S/C26H26N2O6S/c1-6-34-17-9-7-16(8-10-17)23(29)21-22(19-13-18(32-4)11-12-20(19)33-5)28(25(31)24(21)30)26-27-14(2)15(3)35-26/h7-13,22,29H,6H2,1-5H3/b23-21+/t22-/m1/s1. The second kappa shape index (κ2) is 9.79. The van der Waals surface area contributed by atoms with Gasteiger partial charge in [-0.25, -0.2) is 4.98 Å². The predicted molar refractivity (Wildman–Crippen MR) is 134 cm³/mol. The van der Waals surface area contributed by atoms with Gasteiger partial charge in [0.2, 0.25) is 0 Å². The van der Waals surface area contributed by atoms with Crippen molar-refractivity contribution in [2.24, 2.45) is 0 Å². The van der Waals surface area contributed by atoms with E-state index >= 15 is 0 Å². The highest BCUT2D eigenvalue weighted by Gasteiger charge is 2.49. The first-order valence-electron chi connectivity index (χ1n) is 11.0. The molecule has 0 aliphatic carbocycles. The molecule has 35 heavy (non-hydrogen) atoms. The molecule has 3 aromatic rings. The topological polar surface area (TPSA) is 98.2 Å². The summed E-state index contributed by atoms with van der Waals surface area (Å²) in [5, 5.41) is 11.7. The number of benzene rings is 2. The summed E-state index contributed by atoms with van der Waals surface area (Å²) < 4.78 is 16.4. The minimum absolute atomic E-state index is 0.0591. The van der Waals surface area contributed by atoms with E-state index in [1.807, 2.05) is 20.8 Å². The number of aliphatic hydroxyl groups is 1. The Balaban J connectivity index is 1.96. The fourth-order valence-electron chi connectivity index (χ4n) is 3.97. The van der Waals surface area contributed by atoms with Crippen LogP contribution in [0.4, 0.5) is 5.13 Å². The highest BCUT2D eigenvalue weighted by Crippen LogP contribution is 2.47. The molecular weight excluding hydrogens is 468 g/mol. The summed E-state index contributed by atoms with van der Waals surface area (Å²) >= 11 is 1.31. The maximum Gasteiger partial charge on any atom is 0.301 e. The number of aromatic nitrogens is 1. The van der Waals surface area contributed by atoms with Crippen molar-refractivity contribution >= 4 is 33.9 Å². The summed E-state index contributed by atoms with van der Waals surface area (Å²) in [6.07, 6.45) is 0. The van der Waals surface area contributed by atoms with Crippen LogP contribution in [0.15, 0.2) is 48.0 Å². The molecule has 1 fully saturated rings. The SMILES string of the molecule is CCOc1ccc(/C(O)=C2\C(=O)C(=O)N(c3nc(C)c(C)s3)[C@@H]2c2cc(OC)ccc2OC)cc1. The Hall–Kier alpha value is -3.85. The van der Waals surface area contributed by atoms with E-state index in [0.717, 1.165) is 10.6 Å². The van der Waals surface area contributed by atoms with Crippen LogP contribution in [0.2, 0.25) is 0 Å². The number of carbonyl (C=O) groups excluding carboxylic acids is 2. The first kappa shape index (κ1) is 24.3. The number of ketones is 1. The number of hydrogen-bond acceptors (Lipinski definition) is 8. The molecule has 2 aromatic carbocycles. The maximum atomic E-state index is 13.4. The van der Waals surface area contributed by atoms with Gasteiger partial charge in [0.25, 0.3) is 5.78 Å². The van der Waals surface area contributed by atoms with E-state index in [0.29, 0.717) is 40.1 Å². The Morgan fingerprint density at radius 2 is 1.74 bits per heavy atom. The Kier molecular flexibility index (Phi) is 6.79. The summed E-state index contributed by atoms with van der Waals surface area (Å²) in [6, 6.07) is 10.8. The molecule has 4 rings (SSSR count). The monoisotopic (exact) mass is 494 g/mol. The van der Waals surface area contributed by atoms with Gasteiger partial charge in [-0.05, 0) is 63.2 Å². The van der Waals surface area contributed by atoms with Gasteiger partial charge < -0.3 is 19.3 Å². The van der Waals surface area contributed by atoms with E-state index in [9.17, 15) is 14.7 Å². The van der Waals surface area contributed by atoms with E-state index in [4.69, 9.17) is 14.2 Å². The molecule has 2 heterocycles. The molecule has 0 saturated carbocycles. The number of carbonyl (C=O) groups is 2. The molecule has 0 radical (unpaired) electrons. The second-order valence-corrected chi connectivity index (χ2v) is 9.05. The van der Waals surface area contributed by atoms with Crippen molar-refractivity contribution in [3.05, 3.63) is 69.7 Å². The normalized spacial score (nSPS) is 17.1.